The minimum absolute atomic E-state index is 0.0513. The molecule has 3 amide bonds. The van der Waals surface area contributed by atoms with Gasteiger partial charge in [-0.1, -0.05) is 20.8 Å². The van der Waals surface area contributed by atoms with E-state index in [-0.39, 0.29) is 42.2 Å². The van der Waals surface area contributed by atoms with E-state index in [4.69, 9.17) is 5.10 Å². The van der Waals surface area contributed by atoms with Crippen LogP contribution >= 0.6 is 0 Å². The number of benzene rings is 1. The fourth-order valence-electron chi connectivity index (χ4n) is 4.27. The van der Waals surface area contributed by atoms with Crippen LogP contribution in [0.3, 0.4) is 0 Å². The number of amides is 3. The van der Waals surface area contributed by atoms with Crippen molar-refractivity contribution in [3.63, 3.8) is 0 Å². The summed E-state index contributed by atoms with van der Waals surface area (Å²) in [7, 11) is 0. The van der Waals surface area contributed by atoms with Gasteiger partial charge in [-0.05, 0) is 42.0 Å². The van der Waals surface area contributed by atoms with Crippen LogP contribution in [0.25, 0.3) is 22.4 Å². The highest BCUT2D eigenvalue weighted by Crippen LogP contribution is 2.37. The number of anilines is 1. The summed E-state index contributed by atoms with van der Waals surface area (Å²) >= 11 is 0. The van der Waals surface area contributed by atoms with Crippen LogP contribution in [-0.2, 0) is 27.5 Å². The second-order valence-corrected chi connectivity index (χ2v) is 8.30. The molecule has 3 heterocycles. The molecule has 0 spiro atoms. The lowest BCUT2D eigenvalue weighted by Gasteiger charge is -2.28. The van der Waals surface area contributed by atoms with Crippen molar-refractivity contribution in [3.05, 3.63) is 54.1 Å². The predicted octanol–water partition coefficient (Wildman–Crippen LogP) is 4.18. The molecule has 0 saturated carbocycles. The minimum Gasteiger partial charge on any atom is -0.335 e. The monoisotopic (exact) mass is 477 g/mol. The molecule has 2 aromatic heterocycles. The molecule has 0 bridgehead atoms. The van der Waals surface area contributed by atoms with Gasteiger partial charge in [0, 0.05) is 43.1 Å². The molecule has 0 atom stereocenters. The maximum absolute atomic E-state index is 13.6. The van der Waals surface area contributed by atoms with Gasteiger partial charge in [0.15, 0.2) is 0 Å². The van der Waals surface area contributed by atoms with Crippen LogP contribution in [0.15, 0.2) is 42.6 Å². The summed E-state index contributed by atoms with van der Waals surface area (Å²) in [5.74, 6) is -0.732. The number of imide groups is 1. The standard InChI is InChI=1S/C26H28FN5O3/c1-4-22(33)30-13-14-31-20(16-30)25(26(29-31)17-7-9-19(27)10-8-17)18-11-12-28-21(15-18)32(23(34)5-2)24(35)6-3/h7-12,15H,4-6,13-14,16H2,1-3H3. The number of hydrogen-bond acceptors (Lipinski definition) is 5. The lowest BCUT2D eigenvalue weighted by molar-refractivity contribution is -0.132. The van der Waals surface area contributed by atoms with Crippen LogP contribution in [0, 0.1) is 5.82 Å². The van der Waals surface area contributed by atoms with E-state index < -0.39 is 0 Å². The topological polar surface area (TPSA) is 88.4 Å². The molecule has 0 N–H and O–H groups in total. The average molecular weight is 478 g/mol. The molecule has 0 radical (unpaired) electrons. The highest BCUT2D eigenvalue weighted by atomic mass is 19.1. The van der Waals surface area contributed by atoms with Crippen molar-refractivity contribution in [1.29, 1.82) is 0 Å². The number of fused-ring (bicyclic) bond motifs is 1. The highest BCUT2D eigenvalue weighted by Gasteiger charge is 2.29. The van der Waals surface area contributed by atoms with Crippen LogP contribution in [0.4, 0.5) is 10.2 Å². The van der Waals surface area contributed by atoms with Gasteiger partial charge in [0.05, 0.1) is 18.8 Å². The van der Waals surface area contributed by atoms with Crippen molar-refractivity contribution in [2.75, 3.05) is 11.4 Å². The molecule has 1 aromatic carbocycles. The Hall–Kier alpha value is -3.88. The van der Waals surface area contributed by atoms with E-state index in [1.165, 1.54) is 12.1 Å². The number of aromatic nitrogens is 3. The molecule has 4 rings (SSSR count). The molecular weight excluding hydrogens is 449 g/mol. The van der Waals surface area contributed by atoms with Crippen molar-refractivity contribution in [2.24, 2.45) is 0 Å². The first-order valence-corrected chi connectivity index (χ1v) is 11.8. The first-order chi connectivity index (χ1) is 16.9. The van der Waals surface area contributed by atoms with Crippen molar-refractivity contribution in [1.82, 2.24) is 19.7 Å². The summed E-state index contributed by atoms with van der Waals surface area (Å²) < 4.78 is 15.5. The Bertz CT molecular complexity index is 1250. The molecule has 1 aliphatic heterocycles. The summed E-state index contributed by atoms with van der Waals surface area (Å²) in [6.45, 7) is 6.68. The molecule has 35 heavy (non-hydrogen) atoms. The number of carbonyl (C=O) groups is 3. The number of carbonyl (C=O) groups excluding carboxylic acids is 3. The zero-order valence-electron chi connectivity index (χ0n) is 20.1. The van der Waals surface area contributed by atoms with Crippen molar-refractivity contribution in [3.8, 4) is 22.4 Å². The van der Waals surface area contributed by atoms with E-state index >= 15 is 0 Å². The minimum atomic E-state index is -0.350. The summed E-state index contributed by atoms with van der Waals surface area (Å²) in [5.41, 5.74) is 3.67. The van der Waals surface area contributed by atoms with Gasteiger partial charge in [0.25, 0.3) is 0 Å². The largest absolute Gasteiger partial charge is 0.335 e. The second-order valence-electron chi connectivity index (χ2n) is 8.30. The van der Waals surface area contributed by atoms with Gasteiger partial charge >= 0.3 is 0 Å². The number of nitrogens with zero attached hydrogens (tertiary/aromatic N) is 5. The van der Waals surface area contributed by atoms with E-state index in [1.807, 2.05) is 11.6 Å². The van der Waals surface area contributed by atoms with Gasteiger partial charge in [-0.2, -0.15) is 5.10 Å². The zero-order valence-corrected chi connectivity index (χ0v) is 20.1. The summed E-state index contributed by atoms with van der Waals surface area (Å²) in [6, 6.07) is 9.58. The van der Waals surface area contributed by atoms with Gasteiger partial charge in [-0.15, -0.1) is 0 Å². The Morgan fingerprint density at radius 3 is 2.26 bits per heavy atom. The van der Waals surface area contributed by atoms with Gasteiger partial charge in [0.1, 0.15) is 17.3 Å². The summed E-state index contributed by atoms with van der Waals surface area (Å²) in [4.78, 5) is 44.9. The maximum atomic E-state index is 13.6. The fourth-order valence-corrected chi connectivity index (χ4v) is 4.27. The third-order valence-corrected chi connectivity index (χ3v) is 6.12. The van der Waals surface area contributed by atoms with Crippen LogP contribution in [0.5, 0.6) is 0 Å². The lowest BCUT2D eigenvalue weighted by atomic mass is 9.98. The Morgan fingerprint density at radius 2 is 1.63 bits per heavy atom. The Labute approximate surface area is 203 Å². The smallest absolute Gasteiger partial charge is 0.234 e. The molecule has 9 heteroatoms. The SMILES string of the molecule is CCC(=O)N1CCn2nc(-c3ccc(F)cc3)c(-c3ccnc(N(C(=O)CC)C(=O)CC)c3)c2C1. The predicted molar refractivity (Wildman–Crippen MR) is 130 cm³/mol. The van der Waals surface area contributed by atoms with E-state index in [0.717, 1.165) is 21.7 Å². The highest BCUT2D eigenvalue weighted by molar-refractivity contribution is 6.14. The van der Waals surface area contributed by atoms with Crippen LogP contribution in [-0.4, -0.2) is 43.9 Å². The number of hydrogen-bond donors (Lipinski definition) is 0. The third-order valence-electron chi connectivity index (χ3n) is 6.12. The summed E-state index contributed by atoms with van der Waals surface area (Å²) in [6.07, 6.45) is 2.28. The molecule has 182 valence electrons. The third kappa shape index (κ3) is 4.71. The van der Waals surface area contributed by atoms with E-state index in [1.54, 1.807) is 49.2 Å². The van der Waals surface area contributed by atoms with E-state index in [0.29, 0.717) is 37.3 Å². The Balaban J connectivity index is 1.89. The van der Waals surface area contributed by atoms with Crippen LogP contribution < -0.4 is 4.90 Å². The quantitative estimate of drug-likeness (QED) is 0.531. The number of pyridine rings is 1. The van der Waals surface area contributed by atoms with Gasteiger partial charge in [-0.25, -0.2) is 14.3 Å². The molecule has 0 aliphatic carbocycles. The van der Waals surface area contributed by atoms with E-state index in [2.05, 4.69) is 4.98 Å². The van der Waals surface area contributed by atoms with Gasteiger partial charge < -0.3 is 4.90 Å². The fraction of sp³-hybridized carbons (Fsp3) is 0.346. The number of halogens is 1. The second kappa shape index (κ2) is 10.2. The summed E-state index contributed by atoms with van der Waals surface area (Å²) in [5, 5.41) is 4.81. The molecule has 0 fully saturated rings. The molecular formula is C26H28FN5O3. The first kappa shape index (κ1) is 24.3. The molecule has 3 aromatic rings. The molecule has 1 aliphatic rings. The Morgan fingerprint density at radius 1 is 0.943 bits per heavy atom. The van der Waals surface area contributed by atoms with Crippen molar-refractivity contribution >= 4 is 23.5 Å². The van der Waals surface area contributed by atoms with Gasteiger partial charge in [0.2, 0.25) is 17.7 Å². The van der Waals surface area contributed by atoms with Crippen LogP contribution in [0.2, 0.25) is 0 Å². The molecule has 0 unspecified atom stereocenters. The zero-order chi connectivity index (χ0) is 25.1. The Kier molecular flexibility index (Phi) is 7.04. The van der Waals surface area contributed by atoms with E-state index in [9.17, 15) is 18.8 Å². The first-order valence-electron chi connectivity index (χ1n) is 11.8. The van der Waals surface area contributed by atoms with Crippen molar-refractivity contribution < 1.29 is 18.8 Å². The number of rotatable bonds is 6. The molecule has 8 nitrogen and oxygen atoms in total. The lowest BCUT2D eigenvalue weighted by Crippen LogP contribution is -2.38. The average Bonchev–Trinajstić information content (AvgIpc) is 3.27. The van der Waals surface area contributed by atoms with Gasteiger partial charge in [-0.3, -0.25) is 19.1 Å². The normalized spacial score (nSPS) is 12.9. The van der Waals surface area contributed by atoms with Crippen LogP contribution in [0.1, 0.15) is 45.7 Å². The molecule has 0 saturated heterocycles. The van der Waals surface area contributed by atoms with Crippen molar-refractivity contribution in [2.45, 2.75) is 53.1 Å². The maximum Gasteiger partial charge on any atom is 0.234 e.